The minimum atomic E-state index is -1.14. The summed E-state index contributed by atoms with van der Waals surface area (Å²) >= 11 is 0. The number of methoxy groups -OCH3 is 1. The highest BCUT2D eigenvalue weighted by molar-refractivity contribution is 5.98. The molecule has 1 aromatic heterocycles. The zero-order valence-corrected chi connectivity index (χ0v) is 37.6. The molecule has 13 nitrogen and oxygen atoms in total. The van der Waals surface area contributed by atoms with Crippen LogP contribution in [0.4, 0.5) is 10.6 Å². The van der Waals surface area contributed by atoms with Gasteiger partial charge in [-0.05, 0) is 79.4 Å². The molecule has 0 radical (unpaired) electrons. The van der Waals surface area contributed by atoms with E-state index in [0.29, 0.717) is 48.9 Å². The lowest BCUT2D eigenvalue weighted by Gasteiger charge is -2.35. The molecule has 338 valence electrons. The largest absolute Gasteiger partial charge is 0.496 e. The number of amides is 4. The number of aryl methyl sites for hydroxylation is 1. The summed E-state index contributed by atoms with van der Waals surface area (Å²) < 4.78 is 18.9. The summed E-state index contributed by atoms with van der Waals surface area (Å²) in [5, 5.41) is 10.0. The lowest BCUT2D eigenvalue weighted by Crippen LogP contribution is -2.59. The Morgan fingerprint density at radius 1 is 1.06 bits per heavy atom. The Kier molecular flexibility index (Phi) is 13.2. The maximum Gasteiger partial charge on any atom is 0.407 e. The van der Waals surface area contributed by atoms with Gasteiger partial charge in [-0.15, -0.1) is 6.58 Å². The van der Waals surface area contributed by atoms with E-state index >= 15 is 4.79 Å². The summed E-state index contributed by atoms with van der Waals surface area (Å²) in [6, 6.07) is 14.3. The number of hydrogen-bond acceptors (Lipinski definition) is 9. The minimum absolute atomic E-state index is 0.0946. The molecule has 2 aliphatic heterocycles. The van der Waals surface area contributed by atoms with Crippen molar-refractivity contribution in [3.8, 4) is 11.5 Å². The zero-order valence-electron chi connectivity index (χ0n) is 37.6. The first-order valence-electron chi connectivity index (χ1n) is 23.3. The third-order valence-electron chi connectivity index (χ3n) is 14.1. The minimum Gasteiger partial charge on any atom is -0.496 e. The van der Waals surface area contributed by atoms with Crippen LogP contribution in [-0.4, -0.2) is 91.3 Å². The van der Waals surface area contributed by atoms with Crippen LogP contribution in [0.25, 0.3) is 10.9 Å². The Morgan fingerprint density at radius 3 is 2.56 bits per heavy atom. The monoisotopic (exact) mass is 862 g/mol. The molecule has 1 unspecified atom stereocenters. The highest BCUT2D eigenvalue weighted by Gasteiger charge is 2.61. The van der Waals surface area contributed by atoms with Crippen LogP contribution in [0.3, 0.4) is 0 Å². The van der Waals surface area contributed by atoms with Crippen molar-refractivity contribution in [2.24, 2.45) is 23.2 Å². The number of cyclic esters (lactones) is 1. The maximum atomic E-state index is 15.1. The molecule has 3 saturated carbocycles. The number of nitrogens with zero attached hydrogens (tertiary/aromatic N) is 3. The molecule has 13 heteroatoms. The number of pyridine rings is 1. The van der Waals surface area contributed by atoms with Crippen molar-refractivity contribution < 1.29 is 33.4 Å². The second-order valence-corrected chi connectivity index (χ2v) is 19.6. The second kappa shape index (κ2) is 18.8. The average Bonchev–Trinajstić information content (AvgIpc) is 4.20. The fourth-order valence-corrected chi connectivity index (χ4v) is 10.0. The molecule has 3 heterocycles. The van der Waals surface area contributed by atoms with Gasteiger partial charge in [0.05, 0.1) is 25.8 Å². The van der Waals surface area contributed by atoms with Crippen molar-refractivity contribution in [1.82, 2.24) is 25.8 Å². The Balaban J connectivity index is 1.17. The van der Waals surface area contributed by atoms with E-state index in [0.717, 1.165) is 73.6 Å². The third kappa shape index (κ3) is 10.2. The number of nitrogens with one attached hydrogen (secondary N) is 3. The van der Waals surface area contributed by atoms with E-state index in [2.05, 4.69) is 59.5 Å². The number of carbonyl (C=O) groups excluding carboxylic acids is 4. The van der Waals surface area contributed by atoms with Gasteiger partial charge < -0.3 is 40.0 Å². The van der Waals surface area contributed by atoms with Gasteiger partial charge in [-0.1, -0.05) is 82.4 Å². The van der Waals surface area contributed by atoms with Gasteiger partial charge in [-0.25, -0.2) is 9.78 Å². The van der Waals surface area contributed by atoms with Crippen LogP contribution < -0.4 is 30.3 Å². The number of fused-ring (bicyclic) bond motifs is 3. The molecule has 3 aliphatic carbocycles. The quantitative estimate of drug-likeness (QED) is 0.160. The lowest BCUT2D eigenvalue weighted by atomic mass is 9.83. The normalized spacial score (nSPS) is 26.4. The molecule has 5 aliphatic rings. The van der Waals surface area contributed by atoms with E-state index in [1.54, 1.807) is 18.1 Å². The van der Waals surface area contributed by atoms with Crippen molar-refractivity contribution in [2.75, 3.05) is 38.8 Å². The predicted octanol–water partition coefficient (Wildman–Crippen LogP) is 7.24. The molecule has 0 spiro atoms. The molecule has 4 amide bonds. The molecule has 1 saturated heterocycles. The Hall–Kier alpha value is -5.33. The van der Waals surface area contributed by atoms with Crippen LogP contribution in [0, 0.1) is 23.2 Å². The number of rotatable bonds is 12. The summed E-state index contributed by atoms with van der Waals surface area (Å²) in [5.41, 5.74) is 1.33. The van der Waals surface area contributed by atoms with Crippen molar-refractivity contribution in [2.45, 2.75) is 128 Å². The smallest absolute Gasteiger partial charge is 0.407 e. The molecule has 2 aromatic carbocycles. The van der Waals surface area contributed by atoms with Gasteiger partial charge in [-0.2, -0.15) is 0 Å². The van der Waals surface area contributed by atoms with Gasteiger partial charge in [-0.3, -0.25) is 14.4 Å². The van der Waals surface area contributed by atoms with Crippen molar-refractivity contribution in [1.29, 1.82) is 0 Å². The molecule has 4 fully saturated rings. The summed E-state index contributed by atoms with van der Waals surface area (Å²) in [6.45, 7) is 9.55. The second-order valence-electron chi connectivity index (χ2n) is 19.6. The van der Waals surface area contributed by atoms with Gasteiger partial charge in [0, 0.05) is 50.0 Å². The topological polar surface area (TPSA) is 151 Å². The highest BCUT2D eigenvalue weighted by atomic mass is 16.5. The number of anilines is 1. The first-order chi connectivity index (χ1) is 30.4. The summed E-state index contributed by atoms with van der Waals surface area (Å²) in [7, 11) is 3.66. The highest BCUT2D eigenvalue weighted by Crippen LogP contribution is 2.45. The Bertz CT molecular complexity index is 2170. The van der Waals surface area contributed by atoms with Gasteiger partial charge >= 0.3 is 6.09 Å². The van der Waals surface area contributed by atoms with Crippen molar-refractivity contribution in [3.05, 3.63) is 72.3 Å². The first-order valence-corrected chi connectivity index (χ1v) is 23.3. The number of alkyl carbamates (subject to hydrolysis) is 1. The Labute approximate surface area is 372 Å². The summed E-state index contributed by atoms with van der Waals surface area (Å²) in [6.07, 6.45) is 11.1. The number of benzene rings is 2. The molecule has 8 rings (SSSR count). The number of ether oxygens (including phenoxy) is 3. The maximum absolute atomic E-state index is 15.1. The van der Waals surface area contributed by atoms with E-state index < -0.39 is 35.7 Å². The fourth-order valence-electron chi connectivity index (χ4n) is 10.0. The summed E-state index contributed by atoms with van der Waals surface area (Å²) in [4.78, 5) is 66.2. The molecule has 5 atom stereocenters. The lowest BCUT2D eigenvalue weighted by molar-refractivity contribution is -0.142. The number of hydrogen-bond donors (Lipinski definition) is 3. The Morgan fingerprint density at radius 2 is 1.84 bits per heavy atom. The van der Waals surface area contributed by atoms with E-state index in [9.17, 15) is 14.4 Å². The standard InChI is InChI=1S/C50H66N6O7/c1-6-36-28-50(36,47(59)51-23-21-32-19-20-32)54-45(57)40-25-37-30-56(40)46(58)44(34-16-11-8-12-17-34)53-48(60)62-31-49(2,3)22-13-18-35-24-38-39(26-41(35)61-5)52-43(27-42(38)63-37)55(4)29-33-14-9-7-10-15-33/h6-7,9-10,14-15,24,26-27,32,34,36-37,40,44H,1,8,11-13,16-23,25,28-31H2,2-5H3,(H,51,59)(H,53,60)(H,54,57)/t36-,37-,40+,44+,50?/m1/s1. The predicted molar refractivity (Wildman–Crippen MR) is 242 cm³/mol. The van der Waals surface area contributed by atoms with Gasteiger partial charge in [0.25, 0.3) is 0 Å². The van der Waals surface area contributed by atoms with Crippen LogP contribution in [0.2, 0.25) is 0 Å². The van der Waals surface area contributed by atoms with E-state index in [-0.39, 0.29) is 48.6 Å². The molecule has 4 bridgehead atoms. The molecule has 63 heavy (non-hydrogen) atoms. The van der Waals surface area contributed by atoms with Crippen LogP contribution in [0.5, 0.6) is 11.5 Å². The third-order valence-corrected chi connectivity index (χ3v) is 14.1. The summed E-state index contributed by atoms with van der Waals surface area (Å²) in [5.74, 6) is 1.28. The van der Waals surface area contributed by atoms with Gasteiger partial charge in [0.2, 0.25) is 17.7 Å². The van der Waals surface area contributed by atoms with Crippen LogP contribution in [0.15, 0.2) is 61.2 Å². The van der Waals surface area contributed by atoms with Crippen LogP contribution >= 0.6 is 0 Å². The average molecular weight is 863 g/mol. The van der Waals surface area contributed by atoms with E-state index in [1.807, 2.05) is 37.4 Å². The van der Waals surface area contributed by atoms with E-state index in [4.69, 9.17) is 19.2 Å². The van der Waals surface area contributed by atoms with E-state index in [1.165, 1.54) is 12.8 Å². The molecule has 3 aromatic rings. The fraction of sp³-hybridized carbons (Fsp3) is 0.580. The molecule has 3 N–H and O–H groups in total. The van der Waals surface area contributed by atoms with Crippen molar-refractivity contribution >= 4 is 40.5 Å². The first kappa shape index (κ1) is 44.3. The number of aromatic nitrogens is 1. The van der Waals surface area contributed by atoms with Crippen LogP contribution in [-0.2, 0) is 32.1 Å². The number of carbonyl (C=O) groups is 4. The SMILES string of the molecule is C=C[C@@H]1CC1(NC(=O)[C@@H]1C[C@@H]2CN1C(=O)[C@H](C1CCCCC1)NC(=O)OCC(C)(C)CCCc1cc3c(cc(N(C)Cc4ccccc4)nc3cc1OC)O2)C(=O)NCCC1CC1. The molecular formula is C50H66N6O7. The van der Waals surface area contributed by atoms with Crippen LogP contribution in [0.1, 0.15) is 102 Å². The van der Waals surface area contributed by atoms with Gasteiger partial charge in [0.1, 0.15) is 41.0 Å². The van der Waals surface area contributed by atoms with Crippen molar-refractivity contribution in [3.63, 3.8) is 0 Å². The zero-order chi connectivity index (χ0) is 44.3. The van der Waals surface area contributed by atoms with Gasteiger partial charge in [0.15, 0.2) is 0 Å². The molecular weight excluding hydrogens is 797 g/mol.